The van der Waals surface area contributed by atoms with Gasteiger partial charge in [-0.05, 0) is 18.7 Å². The first-order valence-corrected chi connectivity index (χ1v) is 5.17. The lowest BCUT2D eigenvalue weighted by molar-refractivity contribution is -0.0327. The van der Waals surface area contributed by atoms with Gasteiger partial charge in [-0.15, -0.1) is 0 Å². The fourth-order valence-corrected chi connectivity index (χ4v) is 1.43. The zero-order chi connectivity index (χ0) is 11.5. The fraction of sp³-hybridized carbons (Fsp3) is 0.300. The summed E-state index contributed by atoms with van der Waals surface area (Å²) in [5.74, 6) is -1.07. The van der Waals surface area contributed by atoms with Gasteiger partial charge in [0.1, 0.15) is 0 Å². The van der Waals surface area contributed by atoms with Crippen LogP contribution in [0.15, 0.2) is 24.3 Å². The number of halogens is 3. The molecule has 0 aromatic heterocycles. The van der Waals surface area contributed by atoms with Crippen LogP contribution in [0.1, 0.15) is 15.9 Å². The smallest absolute Gasteiger partial charge is 0.293 e. The van der Waals surface area contributed by atoms with E-state index in [1.165, 1.54) is 12.1 Å². The number of carbonyl (C=O) groups is 1. The Morgan fingerprint density at radius 1 is 1.27 bits per heavy atom. The minimum Gasteiger partial charge on any atom is -0.293 e. The van der Waals surface area contributed by atoms with Crippen molar-refractivity contribution in [2.24, 2.45) is 0 Å². The van der Waals surface area contributed by atoms with E-state index in [0.717, 1.165) is 5.56 Å². The van der Waals surface area contributed by atoms with Crippen molar-refractivity contribution in [3.8, 4) is 0 Å². The molecule has 0 radical (unpaired) electrons. The van der Waals surface area contributed by atoms with Crippen molar-refractivity contribution >= 4 is 17.5 Å². The molecule has 1 nitrogen and oxygen atoms in total. The lowest BCUT2D eigenvalue weighted by Crippen LogP contribution is -2.09. The Bertz CT molecular complexity index is 343. The van der Waals surface area contributed by atoms with Crippen LogP contribution in [0.5, 0.6) is 0 Å². The second kappa shape index (κ2) is 4.70. The maximum atomic E-state index is 11.8. The Morgan fingerprint density at radius 3 is 2.27 bits per heavy atom. The lowest BCUT2D eigenvalue weighted by atomic mass is 10.1. The van der Waals surface area contributed by atoms with Gasteiger partial charge in [0.05, 0.1) is 5.75 Å². The number of alkyl halides is 3. The number of Topliss-reactive ketones (excluding diaryl/α,β-unsaturated/α-hetero) is 1. The van der Waals surface area contributed by atoms with Crippen LogP contribution in [0, 0.1) is 6.92 Å². The summed E-state index contributed by atoms with van der Waals surface area (Å²) < 4.78 is 35.4. The predicted molar refractivity (Wildman–Crippen MR) is 54.0 cm³/mol. The molecule has 0 spiro atoms. The highest BCUT2D eigenvalue weighted by atomic mass is 32.2. The van der Waals surface area contributed by atoms with Crippen LogP contribution in [0.3, 0.4) is 0 Å². The number of hydrogen-bond acceptors (Lipinski definition) is 2. The van der Waals surface area contributed by atoms with Gasteiger partial charge in [0, 0.05) is 5.56 Å². The second-order valence-corrected chi connectivity index (χ2v) is 4.06. The molecule has 0 aliphatic carbocycles. The summed E-state index contributed by atoms with van der Waals surface area (Å²) >= 11 is -0.309. The first-order chi connectivity index (χ1) is 6.88. The van der Waals surface area contributed by atoms with Crippen molar-refractivity contribution in [2.45, 2.75) is 12.4 Å². The van der Waals surface area contributed by atoms with E-state index in [-0.39, 0.29) is 11.8 Å². The number of rotatable bonds is 3. The molecule has 0 aliphatic rings. The third-order valence-corrected chi connectivity index (χ3v) is 2.47. The molecule has 1 aromatic rings. The predicted octanol–water partition coefficient (Wildman–Crippen LogP) is 3.43. The van der Waals surface area contributed by atoms with Gasteiger partial charge in [-0.1, -0.05) is 29.8 Å². The van der Waals surface area contributed by atoms with E-state index in [0.29, 0.717) is 5.56 Å². The Kier molecular flexibility index (Phi) is 3.79. The minimum atomic E-state index is -4.35. The van der Waals surface area contributed by atoms with Crippen LogP contribution in [0.25, 0.3) is 0 Å². The highest BCUT2D eigenvalue weighted by molar-refractivity contribution is 8.00. The van der Waals surface area contributed by atoms with E-state index < -0.39 is 17.0 Å². The molecule has 0 fully saturated rings. The third kappa shape index (κ3) is 4.38. The van der Waals surface area contributed by atoms with E-state index >= 15 is 0 Å². The van der Waals surface area contributed by atoms with E-state index in [2.05, 4.69) is 0 Å². The molecule has 5 heteroatoms. The Balaban J connectivity index is 2.58. The number of ketones is 1. The first-order valence-electron chi connectivity index (χ1n) is 4.19. The van der Waals surface area contributed by atoms with Gasteiger partial charge in [-0.25, -0.2) is 0 Å². The normalized spacial score (nSPS) is 11.5. The molecule has 82 valence electrons. The van der Waals surface area contributed by atoms with Gasteiger partial charge in [0.15, 0.2) is 5.78 Å². The van der Waals surface area contributed by atoms with Crippen LogP contribution in [-0.2, 0) is 0 Å². The standard InChI is InChI=1S/C10H9F3OS/c1-7-2-4-8(5-3-7)9(14)6-15-10(11,12)13/h2-5H,6H2,1H3. The van der Waals surface area contributed by atoms with Crippen molar-refractivity contribution in [1.82, 2.24) is 0 Å². The molecule has 0 N–H and O–H groups in total. The molecule has 0 saturated heterocycles. The van der Waals surface area contributed by atoms with Crippen molar-refractivity contribution < 1.29 is 18.0 Å². The molecule has 0 unspecified atom stereocenters. The summed E-state index contributed by atoms with van der Waals surface area (Å²) in [5, 5.41) is 0. The molecule has 0 heterocycles. The zero-order valence-corrected chi connectivity index (χ0v) is 8.78. The number of thioether (sulfide) groups is 1. The average molecular weight is 234 g/mol. The van der Waals surface area contributed by atoms with Crippen molar-refractivity contribution in [3.05, 3.63) is 35.4 Å². The van der Waals surface area contributed by atoms with Gasteiger partial charge in [-0.2, -0.15) is 13.2 Å². The molecule has 15 heavy (non-hydrogen) atoms. The van der Waals surface area contributed by atoms with Gasteiger partial charge < -0.3 is 0 Å². The third-order valence-electron chi connectivity index (χ3n) is 1.74. The largest absolute Gasteiger partial charge is 0.442 e. The van der Waals surface area contributed by atoms with Crippen LogP contribution >= 0.6 is 11.8 Å². The number of aryl methyl sites for hydroxylation is 1. The van der Waals surface area contributed by atoms with Gasteiger partial charge >= 0.3 is 5.51 Å². The molecule has 1 aromatic carbocycles. The van der Waals surface area contributed by atoms with E-state index in [4.69, 9.17) is 0 Å². The molecule has 0 bridgehead atoms. The van der Waals surface area contributed by atoms with Crippen LogP contribution < -0.4 is 0 Å². The maximum Gasteiger partial charge on any atom is 0.442 e. The monoisotopic (exact) mass is 234 g/mol. The Labute approximate surface area is 89.7 Å². The summed E-state index contributed by atoms with van der Waals surface area (Å²) in [5.41, 5.74) is -3.06. The summed E-state index contributed by atoms with van der Waals surface area (Å²) in [6.45, 7) is 1.85. The van der Waals surface area contributed by atoms with Crippen molar-refractivity contribution in [1.29, 1.82) is 0 Å². The second-order valence-electron chi connectivity index (χ2n) is 3.02. The van der Waals surface area contributed by atoms with E-state index in [9.17, 15) is 18.0 Å². The molecular weight excluding hydrogens is 225 g/mol. The topological polar surface area (TPSA) is 17.1 Å². The van der Waals surface area contributed by atoms with Gasteiger partial charge in [0.2, 0.25) is 0 Å². The summed E-state index contributed by atoms with van der Waals surface area (Å²) in [7, 11) is 0. The van der Waals surface area contributed by atoms with Crippen LogP contribution in [0.4, 0.5) is 13.2 Å². The maximum absolute atomic E-state index is 11.8. The van der Waals surface area contributed by atoms with Gasteiger partial charge in [-0.3, -0.25) is 4.79 Å². The van der Waals surface area contributed by atoms with Crippen LogP contribution in [-0.4, -0.2) is 17.0 Å². The number of carbonyl (C=O) groups excluding carboxylic acids is 1. The first kappa shape index (κ1) is 12.1. The fourth-order valence-electron chi connectivity index (χ4n) is 0.970. The molecular formula is C10H9F3OS. The van der Waals surface area contributed by atoms with Crippen LogP contribution in [0.2, 0.25) is 0 Å². The minimum absolute atomic E-state index is 0.309. The zero-order valence-electron chi connectivity index (χ0n) is 7.97. The highest BCUT2D eigenvalue weighted by Crippen LogP contribution is 2.30. The molecule has 0 atom stereocenters. The Hall–Kier alpha value is -0.970. The Morgan fingerprint density at radius 2 is 1.80 bits per heavy atom. The van der Waals surface area contributed by atoms with Gasteiger partial charge in [0.25, 0.3) is 0 Å². The summed E-state index contributed by atoms with van der Waals surface area (Å²) in [4.78, 5) is 11.3. The number of hydrogen-bond donors (Lipinski definition) is 0. The quantitative estimate of drug-likeness (QED) is 0.745. The summed E-state index contributed by atoms with van der Waals surface area (Å²) in [6, 6.07) is 6.47. The highest BCUT2D eigenvalue weighted by Gasteiger charge is 2.29. The molecule has 1 rings (SSSR count). The van der Waals surface area contributed by atoms with Crippen molar-refractivity contribution in [3.63, 3.8) is 0 Å². The summed E-state index contributed by atoms with van der Waals surface area (Å²) in [6.07, 6.45) is 0. The average Bonchev–Trinajstić information content (AvgIpc) is 2.14. The van der Waals surface area contributed by atoms with E-state index in [1.54, 1.807) is 12.1 Å². The lowest BCUT2D eigenvalue weighted by Gasteiger charge is -2.04. The molecule has 0 aliphatic heterocycles. The van der Waals surface area contributed by atoms with E-state index in [1.807, 2.05) is 6.92 Å². The molecule has 0 amide bonds. The van der Waals surface area contributed by atoms with Crippen molar-refractivity contribution in [2.75, 3.05) is 5.75 Å². The number of benzene rings is 1. The molecule has 0 saturated carbocycles. The SMILES string of the molecule is Cc1ccc(C(=O)CSC(F)(F)F)cc1.